The van der Waals surface area contributed by atoms with Gasteiger partial charge in [-0.15, -0.1) is 24.0 Å². The van der Waals surface area contributed by atoms with E-state index in [1.165, 1.54) is 25.7 Å². The molecule has 0 saturated carbocycles. The molecular weight excluding hydrogens is 363 g/mol. The minimum atomic E-state index is 0. The first-order valence-corrected chi connectivity index (χ1v) is 7.88. The van der Waals surface area contributed by atoms with Crippen molar-refractivity contribution in [2.75, 3.05) is 33.2 Å². The number of likely N-dealkylation sites (N-methyl/N-ethyl adjacent to an activating group) is 1. The van der Waals surface area contributed by atoms with Crippen molar-refractivity contribution < 1.29 is 0 Å². The molecule has 2 N–H and O–H groups in total. The summed E-state index contributed by atoms with van der Waals surface area (Å²) in [6.07, 6.45) is 4.89. The van der Waals surface area contributed by atoms with E-state index >= 15 is 0 Å². The van der Waals surface area contributed by atoms with Crippen LogP contribution in [0.2, 0.25) is 0 Å². The number of nitrogens with zero attached hydrogens (tertiary/aromatic N) is 2. The van der Waals surface area contributed by atoms with Gasteiger partial charge in [-0.1, -0.05) is 26.7 Å². The predicted molar refractivity (Wildman–Crippen MR) is 101 cm³/mol. The Bertz CT molecular complexity index is 234. The second-order valence-electron chi connectivity index (χ2n) is 5.13. The largest absolute Gasteiger partial charge is 0.357 e. The summed E-state index contributed by atoms with van der Waals surface area (Å²) in [6, 6.07) is 0.644. The van der Waals surface area contributed by atoms with Crippen molar-refractivity contribution in [2.24, 2.45) is 4.99 Å². The number of nitrogens with one attached hydrogen (secondary N) is 2. The summed E-state index contributed by atoms with van der Waals surface area (Å²) in [6.45, 7) is 12.7. The van der Waals surface area contributed by atoms with E-state index < -0.39 is 0 Å². The van der Waals surface area contributed by atoms with E-state index in [1.54, 1.807) is 0 Å². The molecule has 0 bridgehead atoms. The average molecular weight is 398 g/mol. The molecule has 122 valence electrons. The van der Waals surface area contributed by atoms with Crippen LogP contribution in [-0.4, -0.2) is 50.1 Å². The molecular formula is C15H35IN4. The zero-order valence-corrected chi connectivity index (χ0v) is 16.4. The molecule has 0 saturated heterocycles. The molecule has 0 aromatic heterocycles. The zero-order chi connectivity index (χ0) is 14.5. The van der Waals surface area contributed by atoms with Crippen LogP contribution >= 0.6 is 24.0 Å². The van der Waals surface area contributed by atoms with E-state index in [-0.39, 0.29) is 24.0 Å². The highest BCUT2D eigenvalue weighted by Crippen LogP contribution is 1.98. The van der Waals surface area contributed by atoms with Gasteiger partial charge in [-0.05, 0) is 33.7 Å². The Morgan fingerprint density at radius 2 is 1.85 bits per heavy atom. The van der Waals surface area contributed by atoms with Crippen molar-refractivity contribution >= 4 is 29.9 Å². The molecule has 0 aliphatic rings. The fraction of sp³-hybridized carbons (Fsp3) is 0.933. The first kappa shape index (κ1) is 22.2. The summed E-state index contributed by atoms with van der Waals surface area (Å²) >= 11 is 0. The summed E-state index contributed by atoms with van der Waals surface area (Å²) in [4.78, 5) is 6.97. The SMILES string of the molecule is CCCCCN=C(NCC)NCCN(C)C(C)CC.I. The van der Waals surface area contributed by atoms with Gasteiger partial charge in [0.1, 0.15) is 0 Å². The summed E-state index contributed by atoms with van der Waals surface area (Å²) in [5, 5.41) is 6.70. The van der Waals surface area contributed by atoms with E-state index in [0.29, 0.717) is 6.04 Å². The van der Waals surface area contributed by atoms with Crippen LogP contribution in [-0.2, 0) is 0 Å². The average Bonchev–Trinajstić information content (AvgIpc) is 2.42. The first-order valence-electron chi connectivity index (χ1n) is 7.88. The number of rotatable bonds is 10. The molecule has 0 aliphatic heterocycles. The Morgan fingerprint density at radius 3 is 2.40 bits per heavy atom. The lowest BCUT2D eigenvalue weighted by Gasteiger charge is -2.24. The molecule has 0 amide bonds. The second kappa shape index (κ2) is 15.4. The number of halogens is 1. The minimum absolute atomic E-state index is 0. The van der Waals surface area contributed by atoms with Gasteiger partial charge >= 0.3 is 0 Å². The third-order valence-corrected chi connectivity index (χ3v) is 3.48. The molecule has 1 unspecified atom stereocenters. The van der Waals surface area contributed by atoms with E-state index in [4.69, 9.17) is 0 Å². The molecule has 4 nitrogen and oxygen atoms in total. The van der Waals surface area contributed by atoms with Gasteiger partial charge in [0.25, 0.3) is 0 Å². The van der Waals surface area contributed by atoms with Gasteiger partial charge in [-0.3, -0.25) is 4.99 Å². The quantitative estimate of drug-likeness (QED) is 0.257. The van der Waals surface area contributed by atoms with Crippen LogP contribution in [0, 0.1) is 0 Å². The number of unbranched alkanes of at least 4 members (excludes halogenated alkanes) is 2. The molecule has 0 aromatic carbocycles. The van der Waals surface area contributed by atoms with Crippen molar-refractivity contribution in [3.05, 3.63) is 0 Å². The Balaban J connectivity index is 0. The lowest BCUT2D eigenvalue weighted by molar-refractivity contribution is 0.255. The van der Waals surface area contributed by atoms with Crippen molar-refractivity contribution in [1.82, 2.24) is 15.5 Å². The molecule has 20 heavy (non-hydrogen) atoms. The highest BCUT2D eigenvalue weighted by atomic mass is 127. The zero-order valence-electron chi connectivity index (χ0n) is 14.0. The summed E-state index contributed by atoms with van der Waals surface area (Å²) in [5.74, 6) is 0.955. The van der Waals surface area contributed by atoms with Crippen LogP contribution in [0.4, 0.5) is 0 Å². The smallest absolute Gasteiger partial charge is 0.191 e. The lowest BCUT2D eigenvalue weighted by Crippen LogP contribution is -2.42. The first-order chi connectivity index (χ1) is 9.15. The van der Waals surface area contributed by atoms with Gasteiger partial charge in [-0.2, -0.15) is 0 Å². The van der Waals surface area contributed by atoms with Crippen molar-refractivity contribution in [2.45, 2.75) is 59.4 Å². The van der Waals surface area contributed by atoms with Crippen LogP contribution in [0.1, 0.15) is 53.4 Å². The summed E-state index contributed by atoms with van der Waals surface area (Å²) in [7, 11) is 2.18. The van der Waals surface area contributed by atoms with Crippen LogP contribution < -0.4 is 10.6 Å². The van der Waals surface area contributed by atoms with Gasteiger partial charge < -0.3 is 15.5 Å². The van der Waals surface area contributed by atoms with Gasteiger partial charge in [0.05, 0.1) is 0 Å². The van der Waals surface area contributed by atoms with E-state index in [9.17, 15) is 0 Å². The van der Waals surface area contributed by atoms with E-state index in [0.717, 1.165) is 32.1 Å². The molecule has 0 aliphatic carbocycles. The summed E-state index contributed by atoms with van der Waals surface area (Å²) < 4.78 is 0. The molecule has 0 heterocycles. The highest BCUT2D eigenvalue weighted by molar-refractivity contribution is 14.0. The highest BCUT2D eigenvalue weighted by Gasteiger charge is 2.06. The second-order valence-corrected chi connectivity index (χ2v) is 5.13. The van der Waals surface area contributed by atoms with E-state index in [1.807, 2.05) is 0 Å². The number of guanidine groups is 1. The molecule has 0 fully saturated rings. The van der Waals surface area contributed by atoms with Crippen molar-refractivity contribution in [3.63, 3.8) is 0 Å². The third-order valence-electron chi connectivity index (χ3n) is 3.48. The molecule has 0 spiro atoms. The minimum Gasteiger partial charge on any atom is -0.357 e. The molecule has 1 atom stereocenters. The Labute approximate surface area is 143 Å². The Hall–Kier alpha value is -0.0400. The summed E-state index contributed by atoms with van der Waals surface area (Å²) in [5.41, 5.74) is 0. The Morgan fingerprint density at radius 1 is 1.15 bits per heavy atom. The van der Waals surface area contributed by atoms with Gasteiger partial charge in [0, 0.05) is 32.2 Å². The van der Waals surface area contributed by atoms with Crippen LogP contribution in [0.25, 0.3) is 0 Å². The lowest BCUT2D eigenvalue weighted by atomic mass is 10.2. The molecule has 5 heteroatoms. The van der Waals surface area contributed by atoms with E-state index in [2.05, 4.69) is 55.3 Å². The fourth-order valence-electron chi connectivity index (χ4n) is 1.78. The van der Waals surface area contributed by atoms with Crippen molar-refractivity contribution in [1.29, 1.82) is 0 Å². The van der Waals surface area contributed by atoms with Crippen LogP contribution in [0.15, 0.2) is 4.99 Å². The molecule has 0 rings (SSSR count). The van der Waals surface area contributed by atoms with Gasteiger partial charge in [0.2, 0.25) is 0 Å². The maximum atomic E-state index is 4.59. The normalized spacial score (nSPS) is 13.0. The third kappa shape index (κ3) is 11.8. The number of hydrogen-bond donors (Lipinski definition) is 2. The number of aliphatic imine (C=N–C) groups is 1. The maximum absolute atomic E-state index is 4.59. The Kier molecular flexibility index (Phi) is 17.1. The fourth-order valence-corrected chi connectivity index (χ4v) is 1.78. The van der Waals surface area contributed by atoms with Gasteiger partial charge in [0.15, 0.2) is 5.96 Å². The predicted octanol–water partition coefficient (Wildman–Crippen LogP) is 3.08. The standard InChI is InChI=1S/C15H34N4.HI/c1-6-9-10-11-17-15(16-8-3)18-12-13-19(5)14(4)7-2;/h14H,6-13H2,1-5H3,(H2,16,17,18);1H. The monoisotopic (exact) mass is 398 g/mol. The maximum Gasteiger partial charge on any atom is 0.191 e. The molecule has 0 aromatic rings. The van der Waals surface area contributed by atoms with Gasteiger partial charge in [-0.25, -0.2) is 0 Å². The van der Waals surface area contributed by atoms with Crippen LogP contribution in [0.3, 0.4) is 0 Å². The number of hydrogen-bond acceptors (Lipinski definition) is 2. The van der Waals surface area contributed by atoms with Crippen LogP contribution in [0.5, 0.6) is 0 Å². The van der Waals surface area contributed by atoms with Crippen molar-refractivity contribution in [3.8, 4) is 0 Å². The molecule has 0 radical (unpaired) electrons. The topological polar surface area (TPSA) is 39.7 Å².